The Labute approximate surface area is 226 Å². The molecule has 1 amide bonds. The SMILES string of the molecule is COc1ccc(Cl)cc1N(CC(=O)NCc1ccc(OC(C)C)cc1)S(=O)(=O)c1ccc(C)c([N+](=O)[O-])c1. The van der Waals surface area contributed by atoms with Gasteiger partial charge >= 0.3 is 0 Å². The highest BCUT2D eigenvalue weighted by Gasteiger charge is 2.31. The van der Waals surface area contributed by atoms with Gasteiger partial charge in [0.05, 0.1) is 28.7 Å². The molecule has 3 rings (SSSR count). The van der Waals surface area contributed by atoms with Crippen LogP contribution >= 0.6 is 11.6 Å². The van der Waals surface area contributed by atoms with Gasteiger partial charge in [-0.1, -0.05) is 29.8 Å². The molecule has 0 radical (unpaired) electrons. The van der Waals surface area contributed by atoms with Crippen molar-refractivity contribution in [2.75, 3.05) is 18.0 Å². The second-order valence-electron chi connectivity index (χ2n) is 8.62. The average molecular weight is 562 g/mol. The van der Waals surface area contributed by atoms with E-state index in [9.17, 15) is 23.3 Å². The zero-order valence-electron chi connectivity index (χ0n) is 21.3. The first-order chi connectivity index (χ1) is 17.9. The lowest BCUT2D eigenvalue weighted by atomic mass is 10.2. The molecule has 1 N–H and O–H groups in total. The van der Waals surface area contributed by atoms with E-state index in [0.717, 1.165) is 15.9 Å². The van der Waals surface area contributed by atoms with Crippen molar-refractivity contribution in [3.05, 3.63) is 86.9 Å². The van der Waals surface area contributed by atoms with Gasteiger partial charge in [-0.25, -0.2) is 8.42 Å². The second kappa shape index (κ2) is 12.1. The first-order valence-electron chi connectivity index (χ1n) is 11.6. The number of nitrogens with one attached hydrogen (secondary N) is 1. The summed E-state index contributed by atoms with van der Waals surface area (Å²) < 4.78 is 39.2. The molecular formula is C26H28ClN3O7S. The maximum Gasteiger partial charge on any atom is 0.273 e. The highest BCUT2D eigenvalue weighted by atomic mass is 35.5. The van der Waals surface area contributed by atoms with Gasteiger partial charge in [0.25, 0.3) is 15.7 Å². The molecule has 0 atom stereocenters. The molecule has 202 valence electrons. The fourth-order valence-corrected chi connectivity index (χ4v) is 5.19. The Morgan fingerprint density at radius 2 is 1.79 bits per heavy atom. The molecule has 0 saturated heterocycles. The van der Waals surface area contributed by atoms with Crippen molar-refractivity contribution in [3.8, 4) is 11.5 Å². The molecule has 0 aliphatic carbocycles. The Bertz CT molecular complexity index is 1430. The van der Waals surface area contributed by atoms with Gasteiger partial charge in [0.2, 0.25) is 5.91 Å². The molecule has 10 nitrogen and oxygen atoms in total. The van der Waals surface area contributed by atoms with E-state index in [-0.39, 0.29) is 39.7 Å². The number of nitrogens with zero attached hydrogens (tertiary/aromatic N) is 2. The third kappa shape index (κ3) is 6.93. The smallest absolute Gasteiger partial charge is 0.273 e. The van der Waals surface area contributed by atoms with Gasteiger partial charge in [0.1, 0.15) is 18.0 Å². The number of anilines is 1. The predicted molar refractivity (Wildman–Crippen MR) is 144 cm³/mol. The lowest BCUT2D eigenvalue weighted by Crippen LogP contribution is -2.41. The molecule has 38 heavy (non-hydrogen) atoms. The molecule has 0 aromatic heterocycles. The first kappa shape index (κ1) is 28.7. The van der Waals surface area contributed by atoms with Crippen LogP contribution < -0.4 is 19.1 Å². The van der Waals surface area contributed by atoms with Gasteiger partial charge in [-0.15, -0.1) is 0 Å². The number of ether oxygens (including phenoxy) is 2. The van der Waals surface area contributed by atoms with Crippen LogP contribution in [0.1, 0.15) is 25.0 Å². The lowest BCUT2D eigenvalue weighted by Gasteiger charge is -2.26. The molecule has 12 heteroatoms. The molecule has 0 saturated carbocycles. The third-order valence-electron chi connectivity index (χ3n) is 5.45. The van der Waals surface area contributed by atoms with Crippen LogP contribution in [0.25, 0.3) is 0 Å². The predicted octanol–water partition coefficient (Wildman–Crippen LogP) is 4.86. The number of carbonyl (C=O) groups excluding carboxylic acids is 1. The minimum Gasteiger partial charge on any atom is -0.495 e. The number of methoxy groups -OCH3 is 1. The highest BCUT2D eigenvalue weighted by Crippen LogP contribution is 2.35. The van der Waals surface area contributed by atoms with Crippen molar-refractivity contribution in [2.45, 2.75) is 38.3 Å². The van der Waals surface area contributed by atoms with Crippen LogP contribution in [0.5, 0.6) is 11.5 Å². The Balaban J connectivity index is 1.93. The summed E-state index contributed by atoms with van der Waals surface area (Å²) in [5.74, 6) is 0.223. The van der Waals surface area contributed by atoms with E-state index in [2.05, 4.69) is 5.32 Å². The summed E-state index contributed by atoms with van der Waals surface area (Å²) in [6.07, 6.45) is 0.0203. The summed E-state index contributed by atoms with van der Waals surface area (Å²) >= 11 is 6.15. The van der Waals surface area contributed by atoms with Crippen LogP contribution in [0.15, 0.2) is 65.6 Å². The number of halogens is 1. The Kier molecular flexibility index (Phi) is 9.18. The Hall–Kier alpha value is -3.83. The van der Waals surface area contributed by atoms with E-state index >= 15 is 0 Å². The zero-order valence-corrected chi connectivity index (χ0v) is 22.9. The van der Waals surface area contributed by atoms with E-state index in [1.54, 1.807) is 24.3 Å². The van der Waals surface area contributed by atoms with Gasteiger partial charge in [-0.05, 0) is 62.7 Å². The van der Waals surface area contributed by atoms with Crippen molar-refractivity contribution in [1.82, 2.24) is 5.32 Å². The Morgan fingerprint density at radius 1 is 1.11 bits per heavy atom. The van der Waals surface area contributed by atoms with Crippen LogP contribution in [-0.4, -0.2) is 39.0 Å². The summed E-state index contributed by atoms with van der Waals surface area (Å²) in [5, 5.41) is 14.4. The molecule has 0 unspecified atom stereocenters. The van der Waals surface area contributed by atoms with Crippen LogP contribution in [-0.2, 0) is 21.4 Å². The zero-order chi connectivity index (χ0) is 28.0. The normalized spacial score (nSPS) is 11.2. The fourth-order valence-electron chi connectivity index (χ4n) is 3.58. The molecule has 0 bridgehead atoms. The third-order valence-corrected chi connectivity index (χ3v) is 7.44. The molecule has 0 aliphatic heterocycles. The summed E-state index contributed by atoms with van der Waals surface area (Å²) in [6, 6.07) is 15.0. The molecule has 0 heterocycles. The number of rotatable bonds is 11. The molecule has 0 spiro atoms. The van der Waals surface area contributed by atoms with Crippen LogP contribution in [0.4, 0.5) is 11.4 Å². The van der Waals surface area contributed by atoms with Gasteiger partial charge in [-0.2, -0.15) is 0 Å². The van der Waals surface area contributed by atoms with Gasteiger partial charge in [0, 0.05) is 23.2 Å². The fraction of sp³-hybridized carbons (Fsp3) is 0.269. The minimum absolute atomic E-state index is 0.00793. The van der Waals surface area contributed by atoms with E-state index in [4.69, 9.17) is 21.1 Å². The number of hydrogen-bond acceptors (Lipinski definition) is 7. The lowest BCUT2D eigenvalue weighted by molar-refractivity contribution is -0.385. The number of sulfonamides is 1. The molecule has 0 fully saturated rings. The van der Waals surface area contributed by atoms with E-state index in [1.165, 1.54) is 44.4 Å². The number of nitro groups is 1. The van der Waals surface area contributed by atoms with Crippen LogP contribution in [0.2, 0.25) is 5.02 Å². The average Bonchev–Trinajstić information content (AvgIpc) is 2.86. The minimum atomic E-state index is -4.46. The topological polar surface area (TPSA) is 128 Å². The van der Waals surface area contributed by atoms with Crippen molar-refractivity contribution in [3.63, 3.8) is 0 Å². The largest absolute Gasteiger partial charge is 0.495 e. The second-order valence-corrected chi connectivity index (χ2v) is 10.9. The highest BCUT2D eigenvalue weighted by molar-refractivity contribution is 7.92. The summed E-state index contributed by atoms with van der Waals surface area (Å²) in [7, 11) is -3.11. The van der Waals surface area contributed by atoms with Gasteiger partial charge in [0.15, 0.2) is 0 Å². The molecule has 3 aromatic carbocycles. The van der Waals surface area contributed by atoms with Crippen molar-refractivity contribution >= 4 is 38.9 Å². The van der Waals surface area contributed by atoms with E-state index < -0.39 is 27.4 Å². The van der Waals surface area contributed by atoms with Gasteiger partial charge in [-0.3, -0.25) is 19.2 Å². The maximum atomic E-state index is 13.7. The van der Waals surface area contributed by atoms with Crippen molar-refractivity contribution < 1.29 is 27.6 Å². The monoisotopic (exact) mass is 561 g/mol. The number of carbonyl (C=O) groups is 1. The number of benzene rings is 3. The van der Waals surface area contributed by atoms with Crippen LogP contribution in [0.3, 0.4) is 0 Å². The molecular weight excluding hydrogens is 534 g/mol. The standard InChI is InChI=1S/C26H28ClN3O7S/c1-17(2)37-21-9-6-19(7-10-21)15-28-26(31)16-29(24-13-20(27)8-12-25(24)36-4)38(34,35)22-11-5-18(3)23(14-22)30(32)33/h5-14,17H,15-16H2,1-4H3,(H,28,31). The number of hydrogen-bond donors (Lipinski definition) is 1. The van der Waals surface area contributed by atoms with E-state index in [0.29, 0.717) is 11.3 Å². The Morgan fingerprint density at radius 3 is 2.39 bits per heavy atom. The summed E-state index contributed by atoms with van der Waals surface area (Å²) in [6.45, 7) is 4.84. The van der Waals surface area contributed by atoms with Crippen LogP contribution in [0, 0.1) is 17.0 Å². The van der Waals surface area contributed by atoms with Gasteiger partial charge < -0.3 is 14.8 Å². The number of aryl methyl sites for hydroxylation is 1. The quantitative estimate of drug-likeness (QED) is 0.261. The number of nitro benzene ring substituents is 1. The van der Waals surface area contributed by atoms with Crippen molar-refractivity contribution in [2.24, 2.45) is 0 Å². The summed E-state index contributed by atoms with van der Waals surface area (Å²) in [4.78, 5) is 23.4. The summed E-state index contributed by atoms with van der Waals surface area (Å²) in [5.41, 5.74) is 0.716. The number of amides is 1. The molecule has 0 aliphatic rings. The van der Waals surface area contributed by atoms with Crippen molar-refractivity contribution in [1.29, 1.82) is 0 Å². The van der Waals surface area contributed by atoms with E-state index in [1.807, 2.05) is 13.8 Å². The molecule has 3 aromatic rings. The first-order valence-corrected chi connectivity index (χ1v) is 13.4. The maximum absolute atomic E-state index is 13.7.